The van der Waals surface area contributed by atoms with Crippen molar-refractivity contribution in [2.75, 3.05) is 40.1 Å². The van der Waals surface area contributed by atoms with Crippen molar-refractivity contribution in [3.8, 4) is 11.8 Å². The Morgan fingerprint density at radius 2 is 2.05 bits per heavy atom. The van der Waals surface area contributed by atoms with Crippen molar-refractivity contribution in [3.63, 3.8) is 0 Å². The first-order chi connectivity index (χ1) is 9.86. The largest absolute Gasteiger partial charge is 0.395 e. The van der Waals surface area contributed by atoms with Gasteiger partial charge in [-0.3, -0.25) is 0 Å². The van der Waals surface area contributed by atoms with Gasteiger partial charge in [0.05, 0.1) is 26.4 Å². The van der Waals surface area contributed by atoms with Crippen molar-refractivity contribution in [1.29, 1.82) is 0 Å². The topological polar surface area (TPSA) is 47.9 Å². The molecule has 1 rings (SSSR count). The van der Waals surface area contributed by atoms with E-state index in [1.54, 1.807) is 18.4 Å². The summed E-state index contributed by atoms with van der Waals surface area (Å²) in [7, 11) is 1.66. The first-order valence-electron chi connectivity index (χ1n) is 6.68. The molecule has 0 fully saturated rings. The number of thiophene rings is 1. The van der Waals surface area contributed by atoms with E-state index in [-0.39, 0.29) is 6.61 Å². The highest BCUT2D eigenvalue weighted by Gasteiger charge is 1.98. The van der Waals surface area contributed by atoms with Crippen LogP contribution in [0, 0.1) is 11.8 Å². The van der Waals surface area contributed by atoms with Crippen molar-refractivity contribution >= 4 is 11.3 Å². The molecule has 0 spiro atoms. The van der Waals surface area contributed by atoms with E-state index in [0.29, 0.717) is 39.5 Å². The molecule has 0 bridgehead atoms. The van der Waals surface area contributed by atoms with Gasteiger partial charge in [0.25, 0.3) is 0 Å². The monoisotopic (exact) mass is 298 g/mol. The van der Waals surface area contributed by atoms with Crippen LogP contribution in [0.1, 0.15) is 23.3 Å². The maximum Gasteiger partial charge on any atom is 0.0809 e. The van der Waals surface area contributed by atoms with Gasteiger partial charge in [-0.25, -0.2) is 0 Å². The van der Waals surface area contributed by atoms with E-state index < -0.39 is 0 Å². The predicted molar refractivity (Wildman–Crippen MR) is 79.9 cm³/mol. The maximum atomic E-state index is 8.65. The van der Waals surface area contributed by atoms with Gasteiger partial charge >= 0.3 is 0 Å². The van der Waals surface area contributed by atoms with Crippen molar-refractivity contribution < 1.29 is 19.3 Å². The molecule has 1 aromatic heterocycles. The third kappa shape index (κ3) is 8.31. The molecule has 0 aliphatic heterocycles. The number of hydrogen-bond donors (Lipinski definition) is 1. The van der Waals surface area contributed by atoms with Crippen LogP contribution >= 0.6 is 11.3 Å². The zero-order valence-corrected chi connectivity index (χ0v) is 12.7. The molecule has 0 unspecified atom stereocenters. The molecule has 1 aromatic rings. The van der Waals surface area contributed by atoms with Gasteiger partial charge in [0.2, 0.25) is 0 Å². The fourth-order valence-electron chi connectivity index (χ4n) is 1.42. The fourth-order valence-corrected chi connectivity index (χ4v) is 2.17. The van der Waals surface area contributed by atoms with Crippen LogP contribution in [-0.2, 0) is 20.8 Å². The first kappa shape index (κ1) is 17.2. The maximum absolute atomic E-state index is 8.65. The van der Waals surface area contributed by atoms with Crippen LogP contribution < -0.4 is 0 Å². The van der Waals surface area contributed by atoms with Gasteiger partial charge in [-0.15, -0.1) is 11.3 Å². The summed E-state index contributed by atoms with van der Waals surface area (Å²) in [6, 6.07) is 2.03. The van der Waals surface area contributed by atoms with E-state index in [1.807, 2.05) is 11.4 Å². The molecule has 0 atom stereocenters. The quantitative estimate of drug-likeness (QED) is 0.530. The zero-order valence-electron chi connectivity index (χ0n) is 11.9. The summed E-state index contributed by atoms with van der Waals surface area (Å²) in [4.78, 5) is 1.17. The summed E-state index contributed by atoms with van der Waals surface area (Å²) in [5.74, 6) is 5.91. The average molecular weight is 298 g/mol. The van der Waals surface area contributed by atoms with Gasteiger partial charge < -0.3 is 19.3 Å². The predicted octanol–water partition coefficient (Wildman–Crippen LogP) is 2.05. The number of aliphatic hydroxyl groups excluding tert-OH is 1. The molecule has 1 N–H and O–H groups in total. The van der Waals surface area contributed by atoms with Gasteiger partial charge in [-0.05, 0) is 12.5 Å². The number of ether oxygens (including phenoxy) is 3. The lowest BCUT2D eigenvalue weighted by atomic mass is 10.3. The van der Waals surface area contributed by atoms with E-state index in [9.17, 15) is 0 Å². The van der Waals surface area contributed by atoms with Crippen molar-refractivity contribution in [2.45, 2.75) is 19.4 Å². The van der Waals surface area contributed by atoms with Crippen LogP contribution in [0.3, 0.4) is 0 Å². The van der Waals surface area contributed by atoms with Gasteiger partial charge in [0, 0.05) is 42.6 Å². The molecule has 5 heteroatoms. The number of aliphatic hydroxyl groups is 1. The van der Waals surface area contributed by atoms with Gasteiger partial charge in [0.1, 0.15) is 0 Å². The second-order valence-corrected chi connectivity index (χ2v) is 5.08. The smallest absolute Gasteiger partial charge is 0.0809 e. The SMILES string of the molecule is COCCOCCCOCc1cc(C#CCCO)cs1. The molecular formula is C15H22O4S. The van der Waals surface area contributed by atoms with E-state index in [2.05, 4.69) is 11.8 Å². The molecule has 0 saturated heterocycles. The van der Waals surface area contributed by atoms with Gasteiger partial charge in [-0.2, -0.15) is 0 Å². The number of rotatable bonds is 10. The third-order valence-electron chi connectivity index (χ3n) is 2.38. The average Bonchev–Trinajstić information content (AvgIpc) is 2.90. The van der Waals surface area contributed by atoms with Crippen molar-refractivity contribution in [3.05, 3.63) is 21.9 Å². The van der Waals surface area contributed by atoms with Crippen LogP contribution in [0.25, 0.3) is 0 Å². The molecule has 1 heterocycles. The second-order valence-electron chi connectivity index (χ2n) is 4.09. The normalized spacial score (nSPS) is 10.3. The molecule has 0 amide bonds. The van der Waals surface area contributed by atoms with Crippen LogP contribution in [0.15, 0.2) is 11.4 Å². The Kier molecular flexibility index (Phi) is 10.2. The molecule has 0 aromatic carbocycles. The summed E-state index contributed by atoms with van der Waals surface area (Å²) < 4.78 is 15.8. The van der Waals surface area contributed by atoms with Crippen molar-refractivity contribution in [2.24, 2.45) is 0 Å². The number of methoxy groups -OCH3 is 1. The molecular weight excluding hydrogens is 276 g/mol. The minimum absolute atomic E-state index is 0.111. The summed E-state index contributed by atoms with van der Waals surface area (Å²) in [6.07, 6.45) is 1.41. The lowest BCUT2D eigenvalue weighted by Gasteiger charge is -2.04. The fraction of sp³-hybridized carbons (Fsp3) is 0.600. The summed E-state index contributed by atoms with van der Waals surface area (Å²) >= 11 is 1.64. The Labute approximate surface area is 124 Å². The molecule has 20 heavy (non-hydrogen) atoms. The molecule has 0 aliphatic carbocycles. The first-order valence-corrected chi connectivity index (χ1v) is 7.56. The summed E-state index contributed by atoms with van der Waals surface area (Å²) in [5, 5.41) is 10.7. The van der Waals surface area contributed by atoms with Crippen LogP contribution in [-0.4, -0.2) is 45.3 Å². The Bertz CT molecular complexity index is 405. The van der Waals surface area contributed by atoms with E-state index >= 15 is 0 Å². The Balaban J connectivity index is 2.06. The highest BCUT2D eigenvalue weighted by atomic mass is 32.1. The third-order valence-corrected chi connectivity index (χ3v) is 3.29. The van der Waals surface area contributed by atoms with Crippen LogP contribution in [0.2, 0.25) is 0 Å². The number of hydrogen-bond acceptors (Lipinski definition) is 5. The van der Waals surface area contributed by atoms with Crippen LogP contribution in [0.5, 0.6) is 0 Å². The van der Waals surface area contributed by atoms with Crippen LogP contribution in [0.4, 0.5) is 0 Å². The molecule has 0 aliphatic rings. The Morgan fingerprint density at radius 3 is 2.85 bits per heavy atom. The minimum atomic E-state index is 0.111. The highest BCUT2D eigenvalue weighted by molar-refractivity contribution is 7.10. The summed E-state index contributed by atoms with van der Waals surface area (Å²) in [6.45, 7) is 3.39. The molecule has 0 saturated carbocycles. The Morgan fingerprint density at radius 1 is 1.20 bits per heavy atom. The molecule has 112 valence electrons. The summed E-state index contributed by atoms with van der Waals surface area (Å²) in [5.41, 5.74) is 0.991. The zero-order chi connectivity index (χ0) is 14.5. The standard InChI is InChI=1S/C15H22O4S/c1-17-9-10-18-7-4-8-19-12-15-11-14(13-20-15)5-2-3-6-16/h11,13,16H,3-4,6-10,12H2,1H3. The van der Waals surface area contributed by atoms with Gasteiger partial charge in [0.15, 0.2) is 0 Å². The molecule has 0 radical (unpaired) electrons. The second kappa shape index (κ2) is 11.9. The lowest BCUT2D eigenvalue weighted by Crippen LogP contribution is -2.05. The lowest BCUT2D eigenvalue weighted by molar-refractivity contribution is 0.0488. The van der Waals surface area contributed by atoms with E-state index in [1.165, 1.54) is 4.88 Å². The minimum Gasteiger partial charge on any atom is -0.395 e. The van der Waals surface area contributed by atoms with Crippen molar-refractivity contribution in [1.82, 2.24) is 0 Å². The highest BCUT2D eigenvalue weighted by Crippen LogP contribution is 2.14. The van der Waals surface area contributed by atoms with E-state index in [0.717, 1.165) is 12.0 Å². The molecule has 4 nitrogen and oxygen atoms in total. The van der Waals surface area contributed by atoms with E-state index in [4.69, 9.17) is 19.3 Å². The Hall–Kier alpha value is -0.900. The van der Waals surface area contributed by atoms with Gasteiger partial charge in [-0.1, -0.05) is 11.8 Å².